The molecule has 3 rings (SSSR count). The van der Waals surface area contributed by atoms with Gasteiger partial charge in [-0.15, -0.1) is 0 Å². The number of methoxy groups -OCH3 is 2. The fraction of sp³-hybridized carbons (Fsp3) is 0.684. The van der Waals surface area contributed by atoms with E-state index in [2.05, 4.69) is 11.0 Å². The zero-order valence-electron chi connectivity index (χ0n) is 16.0. The van der Waals surface area contributed by atoms with Gasteiger partial charge in [0.1, 0.15) is 0 Å². The Morgan fingerprint density at radius 2 is 1.92 bits per heavy atom. The minimum atomic E-state index is -3.09. The molecule has 1 spiro atoms. The van der Waals surface area contributed by atoms with Gasteiger partial charge in [0.2, 0.25) is 10.0 Å². The molecule has 0 aromatic heterocycles. The third-order valence-electron chi connectivity index (χ3n) is 5.78. The van der Waals surface area contributed by atoms with Crippen molar-refractivity contribution in [1.82, 2.24) is 9.21 Å². The van der Waals surface area contributed by atoms with Gasteiger partial charge in [0, 0.05) is 31.7 Å². The van der Waals surface area contributed by atoms with E-state index in [1.54, 1.807) is 25.4 Å². The first-order valence-corrected chi connectivity index (χ1v) is 10.9. The highest BCUT2D eigenvalue weighted by Crippen LogP contribution is 2.41. The second kappa shape index (κ2) is 7.74. The largest absolute Gasteiger partial charge is 0.493 e. The monoisotopic (exact) mass is 382 g/mol. The Morgan fingerprint density at radius 1 is 1.12 bits per heavy atom. The summed E-state index contributed by atoms with van der Waals surface area (Å²) in [7, 11) is 0.231. The summed E-state index contributed by atoms with van der Waals surface area (Å²) >= 11 is 0. The maximum absolute atomic E-state index is 12.2. The van der Waals surface area contributed by atoms with Crippen molar-refractivity contribution in [2.45, 2.75) is 32.7 Å². The molecule has 0 radical (unpaired) electrons. The van der Waals surface area contributed by atoms with Crippen LogP contribution in [-0.4, -0.2) is 63.8 Å². The van der Waals surface area contributed by atoms with Crippen molar-refractivity contribution in [2.24, 2.45) is 5.41 Å². The summed E-state index contributed by atoms with van der Waals surface area (Å²) in [6.45, 7) is 5.80. The van der Waals surface area contributed by atoms with E-state index in [-0.39, 0.29) is 11.2 Å². The summed E-state index contributed by atoms with van der Waals surface area (Å²) in [6, 6.07) is 5.97. The van der Waals surface area contributed by atoms with E-state index in [0.29, 0.717) is 13.1 Å². The molecule has 26 heavy (non-hydrogen) atoms. The lowest BCUT2D eigenvalue weighted by Gasteiger charge is -2.40. The van der Waals surface area contributed by atoms with Crippen LogP contribution in [-0.2, 0) is 16.6 Å². The number of hydrogen-bond acceptors (Lipinski definition) is 5. The molecular formula is C19H30N2O4S. The van der Waals surface area contributed by atoms with E-state index >= 15 is 0 Å². The van der Waals surface area contributed by atoms with Gasteiger partial charge in [0.15, 0.2) is 11.5 Å². The van der Waals surface area contributed by atoms with E-state index in [1.165, 1.54) is 0 Å². The lowest BCUT2D eigenvalue weighted by atomic mass is 9.79. The molecule has 0 saturated carbocycles. The molecule has 0 bridgehead atoms. The first-order valence-electron chi connectivity index (χ1n) is 9.33. The molecule has 0 unspecified atom stereocenters. The zero-order valence-corrected chi connectivity index (χ0v) is 16.8. The minimum absolute atomic E-state index is 0.0899. The van der Waals surface area contributed by atoms with Crippen LogP contribution in [0.1, 0.15) is 31.7 Å². The number of sulfonamides is 1. The minimum Gasteiger partial charge on any atom is -0.493 e. The van der Waals surface area contributed by atoms with Gasteiger partial charge in [-0.3, -0.25) is 4.90 Å². The van der Waals surface area contributed by atoms with Gasteiger partial charge >= 0.3 is 0 Å². The molecule has 6 nitrogen and oxygen atoms in total. The van der Waals surface area contributed by atoms with Crippen molar-refractivity contribution in [3.63, 3.8) is 0 Å². The lowest BCUT2D eigenvalue weighted by Crippen LogP contribution is -2.45. The SMILES string of the molecule is CCS(=O)(=O)N1CC[C@]2(CCCN(Cc3cccc(OC)c3OC)C2)C1. The van der Waals surface area contributed by atoms with Crippen LogP contribution in [0.25, 0.3) is 0 Å². The Morgan fingerprint density at radius 3 is 2.62 bits per heavy atom. The molecule has 0 amide bonds. The van der Waals surface area contributed by atoms with Crippen LogP contribution in [0.2, 0.25) is 0 Å². The van der Waals surface area contributed by atoms with Gasteiger partial charge in [-0.05, 0) is 44.2 Å². The molecule has 2 heterocycles. The molecule has 2 aliphatic rings. The van der Waals surface area contributed by atoms with E-state index in [1.807, 2.05) is 12.1 Å². The molecule has 2 aliphatic heterocycles. The van der Waals surface area contributed by atoms with Crippen LogP contribution in [0.15, 0.2) is 18.2 Å². The quantitative estimate of drug-likeness (QED) is 0.756. The van der Waals surface area contributed by atoms with E-state index < -0.39 is 10.0 Å². The standard InChI is InChI=1S/C19H30N2O4S/c1-4-26(22,23)21-12-10-19(15-21)9-6-11-20(14-19)13-16-7-5-8-17(24-2)18(16)25-3/h5,7-8H,4,6,9-15H2,1-3H3/t19-/m0/s1. The van der Waals surface area contributed by atoms with E-state index in [0.717, 1.165) is 56.0 Å². The number of benzene rings is 1. The molecule has 1 atom stereocenters. The predicted octanol–water partition coefficient (Wildman–Crippen LogP) is 2.34. The van der Waals surface area contributed by atoms with Gasteiger partial charge in [-0.25, -0.2) is 12.7 Å². The van der Waals surface area contributed by atoms with Crippen LogP contribution >= 0.6 is 0 Å². The van der Waals surface area contributed by atoms with Crippen molar-refractivity contribution in [1.29, 1.82) is 0 Å². The first kappa shape index (κ1) is 19.5. The topological polar surface area (TPSA) is 59.1 Å². The smallest absolute Gasteiger partial charge is 0.213 e. The molecule has 7 heteroatoms. The molecule has 1 aromatic carbocycles. The average molecular weight is 383 g/mol. The van der Waals surface area contributed by atoms with Crippen LogP contribution in [0, 0.1) is 5.41 Å². The van der Waals surface area contributed by atoms with Crippen molar-refractivity contribution in [2.75, 3.05) is 46.2 Å². The van der Waals surface area contributed by atoms with E-state index in [9.17, 15) is 8.42 Å². The second-order valence-electron chi connectivity index (χ2n) is 7.45. The summed E-state index contributed by atoms with van der Waals surface area (Å²) < 4.78 is 37.1. The van der Waals surface area contributed by atoms with Crippen LogP contribution < -0.4 is 9.47 Å². The number of hydrogen-bond donors (Lipinski definition) is 0. The number of rotatable bonds is 6. The van der Waals surface area contributed by atoms with Crippen molar-refractivity contribution in [3.8, 4) is 11.5 Å². The van der Waals surface area contributed by atoms with Crippen LogP contribution in [0.4, 0.5) is 0 Å². The van der Waals surface area contributed by atoms with Crippen LogP contribution in [0.5, 0.6) is 11.5 Å². The lowest BCUT2D eigenvalue weighted by molar-refractivity contribution is 0.0927. The molecule has 0 aliphatic carbocycles. The maximum atomic E-state index is 12.2. The molecule has 2 saturated heterocycles. The molecule has 0 N–H and O–H groups in total. The van der Waals surface area contributed by atoms with Crippen molar-refractivity contribution >= 4 is 10.0 Å². The highest BCUT2D eigenvalue weighted by atomic mass is 32.2. The number of ether oxygens (including phenoxy) is 2. The van der Waals surface area contributed by atoms with Gasteiger partial charge in [0.05, 0.1) is 20.0 Å². The number of para-hydroxylation sites is 1. The molecule has 146 valence electrons. The number of nitrogens with zero attached hydrogens (tertiary/aromatic N) is 2. The summed E-state index contributed by atoms with van der Waals surface area (Å²) in [5.41, 5.74) is 1.20. The van der Waals surface area contributed by atoms with Gasteiger partial charge in [-0.2, -0.15) is 0 Å². The molecular weight excluding hydrogens is 352 g/mol. The third kappa shape index (κ3) is 3.85. The van der Waals surface area contributed by atoms with Gasteiger partial charge in [0.25, 0.3) is 0 Å². The Hall–Kier alpha value is -1.31. The molecule has 2 fully saturated rings. The summed E-state index contributed by atoms with van der Waals surface area (Å²) in [5.74, 6) is 1.72. The van der Waals surface area contributed by atoms with Crippen molar-refractivity contribution < 1.29 is 17.9 Å². The second-order valence-corrected chi connectivity index (χ2v) is 9.71. The van der Waals surface area contributed by atoms with Gasteiger partial charge < -0.3 is 9.47 Å². The van der Waals surface area contributed by atoms with E-state index in [4.69, 9.17) is 9.47 Å². The highest BCUT2D eigenvalue weighted by molar-refractivity contribution is 7.89. The first-order chi connectivity index (χ1) is 12.4. The normalized spacial score (nSPS) is 24.9. The fourth-order valence-electron chi connectivity index (χ4n) is 4.41. The number of likely N-dealkylation sites (tertiary alicyclic amines) is 1. The molecule has 1 aromatic rings. The average Bonchev–Trinajstić information content (AvgIpc) is 3.05. The number of piperidine rings is 1. The Kier molecular flexibility index (Phi) is 5.79. The third-order valence-corrected chi connectivity index (χ3v) is 7.61. The highest BCUT2D eigenvalue weighted by Gasteiger charge is 2.44. The summed E-state index contributed by atoms with van der Waals surface area (Å²) in [6.07, 6.45) is 3.17. The Balaban J connectivity index is 1.72. The predicted molar refractivity (Wildman–Crippen MR) is 102 cm³/mol. The Bertz CT molecular complexity index is 737. The van der Waals surface area contributed by atoms with Gasteiger partial charge in [-0.1, -0.05) is 12.1 Å². The summed E-state index contributed by atoms with van der Waals surface area (Å²) in [4.78, 5) is 2.43. The maximum Gasteiger partial charge on any atom is 0.213 e. The summed E-state index contributed by atoms with van der Waals surface area (Å²) in [5, 5.41) is 0. The Labute approximate surface area is 157 Å². The van der Waals surface area contributed by atoms with Crippen molar-refractivity contribution in [3.05, 3.63) is 23.8 Å². The fourth-order valence-corrected chi connectivity index (χ4v) is 5.62. The zero-order chi connectivity index (χ0) is 18.8. The van der Waals surface area contributed by atoms with Crippen LogP contribution in [0.3, 0.4) is 0 Å².